The van der Waals surface area contributed by atoms with Gasteiger partial charge in [0.1, 0.15) is 17.9 Å². The first-order chi connectivity index (χ1) is 11.3. The Kier molecular flexibility index (Phi) is 5.65. The molecule has 0 amide bonds. The van der Waals surface area contributed by atoms with E-state index < -0.39 is 0 Å². The zero-order valence-electron chi connectivity index (χ0n) is 13.0. The number of ether oxygens (including phenoxy) is 2. The Morgan fingerprint density at radius 2 is 2.09 bits per heavy atom. The van der Waals surface area contributed by atoms with Crippen molar-refractivity contribution in [2.45, 2.75) is 19.8 Å². The van der Waals surface area contributed by atoms with E-state index in [-0.39, 0.29) is 0 Å². The summed E-state index contributed by atoms with van der Waals surface area (Å²) in [6, 6.07) is 6.01. The van der Waals surface area contributed by atoms with Crippen LogP contribution in [0.2, 0.25) is 0 Å². The number of fused-ring (bicyclic) bond motifs is 3. The molecule has 2 aromatic heterocycles. The molecule has 0 bridgehead atoms. The number of thiazole rings is 1. The van der Waals surface area contributed by atoms with Crippen LogP contribution in [-0.4, -0.2) is 35.7 Å². The van der Waals surface area contributed by atoms with Crippen LogP contribution in [0, 0.1) is 0 Å². The van der Waals surface area contributed by atoms with E-state index in [1.165, 1.54) is 9.71 Å². The van der Waals surface area contributed by atoms with Crippen LogP contribution in [0.25, 0.3) is 21.1 Å². The van der Waals surface area contributed by atoms with Crippen LogP contribution in [0.3, 0.4) is 0 Å². The summed E-state index contributed by atoms with van der Waals surface area (Å²) in [7, 11) is 0. The Bertz CT molecular complexity index is 791. The lowest BCUT2D eigenvalue weighted by molar-refractivity contribution is 0.111. The van der Waals surface area contributed by atoms with Crippen molar-refractivity contribution >= 4 is 44.1 Å². The zero-order valence-corrected chi connectivity index (χ0v) is 14.6. The molecule has 0 fully saturated rings. The van der Waals surface area contributed by atoms with E-state index in [2.05, 4.69) is 23.0 Å². The maximum atomic E-state index is 5.70. The zero-order chi connectivity index (χ0) is 16.1. The molecule has 3 rings (SSSR count). The van der Waals surface area contributed by atoms with E-state index >= 15 is 0 Å². The molecule has 0 radical (unpaired) electrons. The molecule has 0 N–H and O–H groups in total. The van der Waals surface area contributed by atoms with Crippen LogP contribution in [0.1, 0.15) is 18.4 Å². The number of halogens is 1. The van der Waals surface area contributed by atoms with Gasteiger partial charge in [0.25, 0.3) is 0 Å². The molecular weight excluding hydrogens is 332 g/mol. The van der Waals surface area contributed by atoms with Crippen molar-refractivity contribution in [1.29, 1.82) is 0 Å². The number of nitrogens with zero attached hydrogens (tertiary/aromatic N) is 2. The number of hydrogen-bond acceptors (Lipinski definition) is 5. The minimum atomic E-state index is 0.505. The second-order valence-corrected chi connectivity index (χ2v) is 6.62. The van der Waals surface area contributed by atoms with Gasteiger partial charge in [0.05, 0.1) is 34.6 Å². The molecule has 2 heterocycles. The van der Waals surface area contributed by atoms with Gasteiger partial charge in [-0.05, 0) is 25.0 Å². The average molecular weight is 351 g/mol. The molecule has 0 saturated heterocycles. The van der Waals surface area contributed by atoms with Crippen molar-refractivity contribution in [1.82, 2.24) is 9.97 Å². The highest BCUT2D eigenvalue weighted by Gasteiger charge is 2.09. The highest BCUT2D eigenvalue weighted by molar-refractivity contribution is 7.19. The Hall–Kier alpha value is -1.43. The molecule has 6 heteroatoms. The molecule has 0 saturated carbocycles. The van der Waals surface area contributed by atoms with Crippen LogP contribution in [0.15, 0.2) is 24.4 Å². The molecule has 3 aromatic rings. The first-order valence-electron chi connectivity index (χ1n) is 7.76. The third-order valence-electron chi connectivity index (χ3n) is 3.42. The van der Waals surface area contributed by atoms with Crippen molar-refractivity contribution < 1.29 is 9.47 Å². The quantitative estimate of drug-likeness (QED) is 0.445. The summed E-state index contributed by atoms with van der Waals surface area (Å²) in [5, 5.41) is 2.31. The van der Waals surface area contributed by atoms with Gasteiger partial charge >= 0.3 is 0 Å². The molecule has 0 spiro atoms. The molecule has 0 aliphatic rings. The molecule has 23 heavy (non-hydrogen) atoms. The first-order valence-corrected chi connectivity index (χ1v) is 9.11. The monoisotopic (exact) mass is 350 g/mol. The number of hydrogen-bond donors (Lipinski definition) is 0. The predicted octanol–water partition coefficient (Wildman–Crippen LogP) is 4.43. The summed E-state index contributed by atoms with van der Waals surface area (Å²) in [5.41, 5.74) is 1.91. The van der Waals surface area contributed by atoms with Gasteiger partial charge in [-0.3, -0.25) is 4.98 Å². The summed E-state index contributed by atoms with van der Waals surface area (Å²) in [4.78, 5) is 9.17. The third-order valence-corrected chi connectivity index (χ3v) is 4.74. The van der Waals surface area contributed by atoms with Gasteiger partial charge in [-0.1, -0.05) is 6.92 Å². The fraction of sp³-hybridized carbons (Fsp3) is 0.412. The van der Waals surface area contributed by atoms with Crippen LogP contribution in [0.5, 0.6) is 5.75 Å². The van der Waals surface area contributed by atoms with Crippen molar-refractivity contribution in [3.8, 4) is 5.75 Å². The number of aromatic nitrogens is 2. The second-order valence-electron chi connectivity index (χ2n) is 5.16. The van der Waals surface area contributed by atoms with E-state index in [0.29, 0.717) is 25.7 Å². The minimum Gasteiger partial charge on any atom is -0.491 e. The smallest absolute Gasteiger partial charge is 0.121 e. The molecule has 0 aliphatic heterocycles. The summed E-state index contributed by atoms with van der Waals surface area (Å²) in [6.07, 6.45) is 3.97. The van der Waals surface area contributed by atoms with Crippen LogP contribution < -0.4 is 4.74 Å². The predicted molar refractivity (Wildman–Crippen MR) is 96.0 cm³/mol. The SMILES string of the molecule is CCCc1nc2cnc3cc(OCCOCCCl)ccc3c2s1. The van der Waals surface area contributed by atoms with Crippen molar-refractivity contribution in [2.24, 2.45) is 0 Å². The molecule has 122 valence electrons. The maximum Gasteiger partial charge on any atom is 0.121 e. The van der Waals surface area contributed by atoms with Crippen LogP contribution >= 0.6 is 22.9 Å². The first kappa shape index (κ1) is 16.4. The van der Waals surface area contributed by atoms with E-state index in [9.17, 15) is 0 Å². The number of aryl methyl sites for hydroxylation is 1. The van der Waals surface area contributed by atoms with Gasteiger partial charge in [-0.2, -0.15) is 0 Å². The largest absolute Gasteiger partial charge is 0.491 e. The van der Waals surface area contributed by atoms with E-state index in [1.54, 1.807) is 11.3 Å². The Labute approximate surface area is 144 Å². The van der Waals surface area contributed by atoms with E-state index in [1.807, 2.05) is 18.3 Å². The van der Waals surface area contributed by atoms with Crippen molar-refractivity contribution in [3.05, 3.63) is 29.4 Å². The van der Waals surface area contributed by atoms with Gasteiger partial charge in [-0.15, -0.1) is 22.9 Å². The van der Waals surface area contributed by atoms with E-state index in [4.69, 9.17) is 21.1 Å². The lowest BCUT2D eigenvalue weighted by Crippen LogP contribution is -2.07. The summed E-state index contributed by atoms with van der Waals surface area (Å²) in [6.45, 7) is 3.76. The fourth-order valence-electron chi connectivity index (χ4n) is 2.39. The highest BCUT2D eigenvalue weighted by Crippen LogP contribution is 2.31. The molecule has 0 unspecified atom stereocenters. The summed E-state index contributed by atoms with van der Waals surface area (Å²) < 4.78 is 12.2. The number of benzene rings is 1. The molecule has 4 nitrogen and oxygen atoms in total. The standard InChI is InChI=1S/C17H19ClN2O2S/c1-2-3-16-20-15-11-19-14-10-12(22-9-8-21-7-6-18)4-5-13(14)17(15)23-16/h4-5,10-11H,2-3,6-9H2,1H3. The van der Waals surface area contributed by atoms with Gasteiger partial charge in [0.2, 0.25) is 0 Å². The third kappa shape index (κ3) is 3.91. The summed E-state index contributed by atoms with van der Waals surface area (Å²) in [5.74, 6) is 1.31. The normalized spacial score (nSPS) is 11.4. The Morgan fingerprint density at radius 1 is 1.17 bits per heavy atom. The van der Waals surface area contributed by atoms with Crippen LogP contribution in [0.4, 0.5) is 0 Å². The van der Waals surface area contributed by atoms with Crippen molar-refractivity contribution in [3.63, 3.8) is 0 Å². The lowest BCUT2D eigenvalue weighted by atomic mass is 10.2. The number of alkyl halides is 1. The second kappa shape index (κ2) is 7.90. The minimum absolute atomic E-state index is 0.505. The molecule has 1 aromatic carbocycles. The molecule has 0 aliphatic carbocycles. The van der Waals surface area contributed by atoms with Gasteiger partial charge in [-0.25, -0.2) is 4.98 Å². The maximum absolute atomic E-state index is 5.70. The Morgan fingerprint density at radius 3 is 2.91 bits per heavy atom. The average Bonchev–Trinajstić information content (AvgIpc) is 2.98. The van der Waals surface area contributed by atoms with Gasteiger partial charge in [0.15, 0.2) is 0 Å². The van der Waals surface area contributed by atoms with Crippen molar-refractivity contribution in [2.75, 3.05) is 25.7 Å². The topological polar surface area (TPSA) is 44.2 Å². The van der Waals surface area contributed by atoms with Gasteiger partial charge in [0, 0.05) is 17.3 Å². The van der Waals surface area contributed by atoms with E-state index in [0.717, 1.165) is 35.0 Å². The fourth-order valence-corrected chi connectivity index (χ4v) is 3.67. The molecule has 0 atom stereocenters. The Balaban J connectivity index is 1.78. The number of pyridine rings is 1. The number of rotatable bonds is 8. The lowest BCUT2D eigenvalue weighted by Gasteiger charge is -2.07. The highest BCUT2D eigenvalue weighted by atomic mass is 35.5. The molecular formula is C17H19ClN2O2S. The van der Waals surface area contributed by atoms with Gasteiger partial charge < -0.3 is 9.47 Å². The summed E-state index contributed by atoms with van der Waals surface area (Å²) >= 11 is 7.31. The van der Waals surface area contributed by atoms with Crippen LogP contribution in [-0.2, 0) is 11.2 Å².